The highest BCUT2D eigenvalue weighted by Crippen LogP contribution is 2.29. The van der Waals surface area contributed by atoms with Crippen LogP contribution in [0.5, 0.6) is 0 Å². The molecule has 3 rings (SSSR count). The Bertz CT molecular complexity index is 625. The van der Waals surface area contributed by atoms with Gasteiger partial charge in [0.05, 0.1) is 0 Å². The van der Waals surface area contributed by atoms with Crippen molar-refractivity contribution in [3.8, 4) is 0 Å². The van der Waals surface area contributed by atoms with Gasteiger partial charge in [-0.3, -0.25) is 9.59 Å². The van der Waals surface area contributed by atoms with Crippen molar-refractivity contribution in [1.82, 2.24) is 19.4 Å². The molecule has 0 spiro atoms. The molecule has 2 aliphatic rings. The number of carbonyl (C=O) groups excluding carboxylic acids is 2. The Balaban J connectivity index is 1.57. The number of aromatic nitrogens is 2. The van der Waals surface area contributed by atoms with Gasteiger partial charge in [0.1, 0.15) is 5.82 Å². The molecule has 1 aromatic rings. The third-order valence-corrected chi connectivity index (χ3v) is 5.73. The minimum absolute atomic E-state index is 0.222. The fourth-order valence-corrected chi connectivity index (χ4v) is 4.30. The number of nitrogens with zero attached hydrogens (tertiary/aromatic N) is 4. The third kappa shape index (κ3) is 3.88. The van der Waals surface area contributed by atoms with Crippen LogP contribution in [-0.4, -0.2) is 57.3 Å². The summed E-state index contributed by atoms with van der Waals surface area (Å²) in [5, 5.41) is 0. The topological polar surface area (TPSA) is 58.4 Å². The van der Waals surface area contributed by atoms with Crippen molar-refractivity contribution < 1.29 is 9.59 Å². The van der Waals surface area contributed by atoms with E-state index in [0.717, 1.165) is 38.2 Å². The first-order valence-electron chi connectivity index (χ1n) is 9.52. The van der Waals surface area contributed by atoms with Gasteiger partial charge in [-0.2, -0.15) is 0 Å². The molecule has 2 atom stereocenters. The molecule has 138 valence electrons. The van der Waals surface area contributed by atoms with Crippen LogP contribution in [0.15, 0.2) is 12.4 Å². The Labute approximate surface area is 150 Å². The molecule has 0 N–H and O–H groups in total. The van der Waals surface area contributed by atoms with Gasteiger partial charge < -0.3 is 14.4 Å². The highest BCUT2D eigenvalue weighted by atomic mass is 16.2. The van der Waals surface area contributed by atoms with E-state index in [-0.39, 0.29) is 11.8 Å². The van der Waals surface area contributed by atoms with E-state index in [1.807, 2.05) is 29.2 Å². The van der Waals surface area contributed by atoms with Crippen LogP contribution in [0.3, 0.4) is 0 Å². The van der Waals surface area contributed by atoms with E-state index in [1.165, 1.54) is 0 Å². The average Bonchev–Trinajstić information content (AvgIpc) is 3.02. The lowest BCUT2D eigenvalue weighted by Crippen LogP contribution is -2.51. The minimum Gasteiger partial charge on any atom is -0.342 e. The van der Waals surface area contributed by atoms with E-state index in [4.69, 9.17) is 0 Å². The normalized spacial score (nSPS) is 24.4. The van der Waals surface area contributed by atoms with E-state index >= 15 is 0 Å². The van der Waals surface area contributed by atoms with Gasteiger partial charge in [0.15, 0.2) is 0 Å². The van der Waals surface area contributed by atoms with Crippen LogP contribution in [0.25, 0.3) is 0 Å². The standard InChI is InChI=1S/C19H30N4O2/c1-14(2)19-20-9-12-22(19)11-8-18(25)23-10-7-16-15(13-23)5-4-6-17(24)21(16)3/h9,12,14-16H,4-8,10-11,13H2,1-3H3/t15-,16+/m0/s1. The van der Waals surface area contributed by atoms with Gasteiger partial charge in [-0.25, -0.2) is 4.98 Å². The van der Waals surface area contributed by atoms with Crippen molar-refractivity contribution in [2.24, 2.45) is 5.92 Å². The SMILES string of the molecule is CC(C)c1nccn1CCC(=O)N1CC[C@@H]2[C@@H](CCCC(=O)N2C)C1. The van der Waals surface area contributed by atoms with Crippen LogP contribution < -0.4 is 0 Å². The lowest BCUT2D eigenvalue weighted by molar-refractivity contribution is -0.136. The third-order valence-electron chi connectivity index (χ3n) is 5.73. The van der Waals surface area contributed by atoms with Crippen molar-refractivity contribution in [1.29, 1.82) is 0 Å². The van der Waals surface area contributed by atoms with Crippen LogP contribution >= 0.6 is 0 Å². The molecule has 6 nitrogen and oxygen atoms in total. The number of hydrogen-bond donors (Lipinski definition) is 0. The number of fused-ring (bicyclic) bond motifs is 1. The number of likely N-dealkylation sites (tertiary alicyclic amines) is 2. The summed E-state index contributed by atoms with van der Waals surface area (Å²) in [6, 6.07) is 0.306. The molecule has 0 aliphatic carbocycles. The molecular weight excluding hydrogens is 316 g/mol. The fourth-order valence-electron chi connectivity index (χ4n) is 4.30. The molecular formula is C19H30N4O2. The molecule has 0 unspecified atom stereocenters. The van der Waals surface area contributed by atoms with Crippen LogP contribution in [0.2, 0.25) is 0 Å². The summed E-state index contributed by atoms with van der Waals surface area (Å²) in [5.41, 5.74) is 0. The first-order valence-corrected chi connectivity index (χ1v) is 9.52. The number of hydrogen-bond acceptors (Lipinski definition) is 3. The second-order valence-corrected chi connectivity index (χ2v) is 7.74. The van der Waals surface area contributed by atoms with Crippen molar-refractivity contribution in [2.45, 2.75) is 64.5 Å². The fraction of sp³-hybridized carbons (Fsp3) is 0.737. The molecule has 1 aromatic heterocycles. The van der Waals surface area contributed by atoms with E-state index in [1.54, 1.807) is 0 Å². The Morgan fingerprint density at radius 1 is 1.36 bits per heavy atom. The molecule has 0 saturated carbocycles. The molecule has 0 bridgehead atoms. The smallest absolute Gasteiger partial charge is 0.224 e. The number of rotatable bonds is 4. The van der Waals surface area contributed by atoms with Gasteiger partial charge >= 0.3 is 0 Å². The molecule has 2 aliphatic heterocycles. The van der Waals surface area contributed by atoms with Crippen LogP contribution in [0.1, 0.15) is 57.7 Å². The maximum atomic E-state index is 12.7. The summed E-state index contributed by atoms with van der Waals surface area (Å²) < 4.78 is 2.09. The van der Waals surface area contributed by atoms with Gasteiger partial charge in [0.25, 0.3) is 0 Å². The Kier molecular flexibility index (Phi) is 5.45. The van der Waals surface area contributed by atoms with Crippen molar-refractivity contribution in [3.63, 3.8) is 0 Å². The molecule has 2 amide bonds. The molecule has 0 radical (unpaired) electrons. The highest BCUT2D eigenvalue weighted by Gasteiger charge is 2.36. The van der Waals surface area contributed by atoms with Crippen LogP contribution in [0.4, 0.5) is 0 Å². The van der Waals surface area contributed by atoms with E-state index in [9.17, 15) is 9.59 Å². The summed E-state index contributed by atoms with van der Waals surface area (Å²) in [4.78, 5) is 33.1. The second kappa shape index (κ2) is 7.58. The number of aryl methyl sites for hydroxylation is 1. The first-order chi connectivity index (χ1) is 12.0. The van der Waals surface area contributed by atoms with Gasteiger partial charge in [0.2, 0.25) is 11.8 Å². The summed E-state index contributed by atoms with van der Waals surface area (Å²) >= 11 is 0. The zero-order chi connectivity index (χ0) is 18.0. The molecule has 6 heteroatoms. The summed E-state index contributed by atoms with van der Waals surface area (Å²) in [7, 11) is 1.93. The maximum Gasteiger partial charge on any atom is 0.224 e. The Hall–Kier alpha value is -1.85. The number of imidazole rings is 1. The quantitative estimate of drug-likeness (QED) is 0.840. The number of amides is 2. The van der Waals surface area contributed by atoms with E-state index in [0.29, 0.717) is 37.3 Å². The Morgan fingerprint density at radius 2 is 2.16 bits per heavy atom. The predicted octanol–water partition coefficient (Wildman–Crippen LogP) is 2.26. The van der Waals surface area contributed by atoms with Gasteiger partial charge in [0, 0.05) is 63.9 Å². The van der Waals surface area contributed by atoms with E-state index < -0.39 is 0 Å². The lowest BCUT2D eigenvalue weighted by Gasteiger charge is -2.41. The first kappa shape index (κ1) is 18.0. The second-order valence-electron chi connectivity index (χ2n) is 7.74. The molecule has 25 heavy (non-hydrogen) atoms. The predicted molar refractivity (Wildman–Crippen MR) is 96.0 cm³/mol. The molecule has 3 heterocycles. The van der Waals surface area contributed by atoms with Gasteiger partial charge in [-0.1, -0.05) is 13.8 Å². The van der Waals surface area contributed by atoms with Gasteiger partial charge in [-0.05, 0) is 25.2 Å². The van der Waals surface area contributed by atoms with Crippen LogP contribution in [0, 0.1) is 5.92 Å². The monoisotopic (exact) mass is 346 g/mol. The summed E-state index contributed by atoms with van der Waals surface area (Å²) in [6.07, 6.45) is 7.83. The van der Waals surface area contributed by atoms with Crippen molar-refractivity contribution >= 4 is 11.8 Å². The lowest BCUT2D eigenvalue weighted by atomic mass is 9.88. The largest absolute Gasteiger partial charge is 0.342 e. The van der Waals surface area contributed by atoms with Crippen LogP contribution in [-0.2, 0) is 16.1 Å². The highest BCUT2D eigenvalue weighted by molar-refractivity contribution is 5.77. The van der Waals surface area contributed by atoms with E-state index in [2.05, 4.69) is 23.4 Å². The minimum atomic E-state index is 0.222. The molecule has 2 saturated heterocycles. The summed E-state index contributed by atoms with van der Waals surface area (Å²) in [6.45, 7) is 6.49. The average molecular weight is 346 g/mol. The maximum absolute atomic E-state index is 12.7. The van der Waals surface area contributed by atoms with Gasteiger partial charge in [-0.15, -0.1) is 0 Å². The molecule has 0 aromatic carbocycles. The Morgan fingerprint density at radius 3 is 2.92 bits per heavy atom. The number of piperidine rings is 1. The number of carbonyl (C=O) groups is 2. The van der Waals surface area contributed by atoms with Crippen molar-refractivity contribution in [2.75, 3.05) is 20.1 Å². The zero-order valence-corrected chi connectivity index (χ0v) is 15.6. The zero-order valence-electron chi connectivity index (χ0n) is 15.6. The molecule has 2 fully saturated rings. The summed E-state index contributed by atoms with van der Waals surface area (Å²) in [5.74, 6) is 2.30. The van der Waals surface area contributed by atoms with Crippen molar-refractivity contribution in [3.05, 3.63) is 18.2 Å².